The highest BCUT2D eigenvalue weighted by molar-refractivity contribution is 7.89. The Labute approximate surface area is 154 Å². The molecule has 2 aromatic carbocycles. The lowest BCUT2D eigenvalue weighted by Gasteiger charge is -2.17. The molecule has 2 aliphatic rings. The van der Waals surface area contributed by atoms with Gasteiger partial charge in [-0.1, -0.05) is 6.07 Å². The Hall–Kier alpha value is -2.05. The molecule has 0 saturated carbocycles. The fourth-order valence-electron chi connectivity index (χ4n) is 4.03. The van der Waals surface area contributed by atoms with Crippen LogP contribution in [0, 0.1) is 0 Å². The molecule has 138 valence electrons. The molecule has 2 aromatic rings. The summed E-state index contributed by atoms with van der Waals surface area (Å²) < 4.78 is 39.4. The quantitative estimate of drug-likeness (QED) is 0.874. The molecule has 0 amide bonds. The number of methoxy groups -OCH3 is 2. The zero-order chi connectivity index (χ0) is 18.3. The number of sulfonamides is 1. The third-order valence-electron chi connectivity index (χ3n) is 5.40. The second-order valence-corrected chi connectivity index (χ2v) is 8.62. The van der Waals surface area contributed by atoms with E-state index in [0.717, 1.165) is 48.8 Å². The summed E-state index contributed by atoms with van der Waals surface area (Å²) in [6.07, 6.45) is 4.65. The third kappa shape index (κ3) is 2.97. The third-order valence-corrected chi connectivity index (χ3v) is 6.87. The van der Waals surface area contributed by atoms with Gasteiger partial charge in [0.2, 0.25) is 10.0 Å². The number of hydrogen-bond acceptors (Lipinski definition) is 4. The lowest BCUT2D eigenvalue weighted by atomic mass is 10.1. The number of ether oxygens (including phenoxy) is 2. The molecule has 1 unspecified atom stereocenters. The zero-order valence-corrected chi connectivity index (χ0v) is 15.9. The molecule has 0 bridgehead atoms. The highest BCUT2D eigenvalue weighted by Crippen LogP contribution is 2.40. The molecule has 2 aliphatic carbocycles. The topological polar surface area (TPSA) is 64.6 Å². The van der Waals surface area contributed by atoms with Gasteiger partial charge in [-0.2, -0.15) is 0 Å². The maximum atomic E-state index is 12.9. The van der Waals surface area contributed by atoms with E-state index in [2.05, 4.69) is 4.72 Å². The van der Waals surface area contributed by atoms with Crippen molar-refractivity contribution in [2.75, 3.05) is 14.2 Å². The van der Waals surface area contributed by atoms with Gasteiger partial charge < -0.3 is 9.47 Å². The molecule has 6 heteroatoms. The van der Waals surface area contributed by atoms with Crippen molar-refractivity contribution in [3.63, 3.8) is 0 Å². The van der Waals surface area contributed by atoms with Crippen LogP contribution in [0.15, 0.2) is 35.2 Å². The van der Waals surface area contributed by atoms with E-state index in [0.29, 0.717) is 16.4 Å². The van der Waals surface area contributed by atoms with Gasteiger partial charge in [0.1, 0.15) is 0 Å². The van der Waals surface area contributed by atoms with Crippen LogP contribution in [-0.2, 0) is 29.3 Å². The summed E-state index contributed by atoms with van der Waals surface area (Å²) in [5.41, 5.74) is 4.50. The highest BCUT2D eigenvalue weighted by Gasteiger charge is 2.29. The molecule has 5 nitrogen and oxygen atoms in total. The average molecular weight is 373 g/mol. The first-order valence-corrected chi connectivity index (χ1v) is 10.4. The standard InChI is InChI=1S/C20H23NO4S/c1-24-19-11-15-7-9-18(17(15)12-20(19)25-2)21-26(22,23)16-8-6-13-4-3-5-14(13)10-16/h6,8,10-12,18,21H,3-5,7,9H2,1-2H3. The van der Waals surface area contributed by atoms with Crippen molar-refractivity contribution < 1.29 is 17.9 Å². The van der Waals surface area contributed by atoms with E-state index < -0.39 is 10.0 Å². The summed E-state index contributed by atoms with van der Waals surface area (Å²) in [4.78, 5) is 0.354. The van der Waals surface area contributed by atoms with Crippen LogP contribution in [-0.4, -0.2) is 22.6 Å². The SMILES string of the molecule is COc1cc2c(cc1OC)C(NS(=O)(=O)c1ccc3c(c1)CCC3)CC2. The van der Waals surface area contributed by atoms with E-state index in [1.807, 2.05) is 24.3 Å². The minimum atomic E-state index is -3.57. The Morgan fingerprint density at radius 3 is 2.42 bits per heavy atom. The maximum absolute atomic E-state index is 12.9. The fourth-order valence-corrected chi connectivity index (χ4v) is 5.33. The van der Waals surface area contributed by atoms with Crippen molar-refractivity contribution in [1.29, 1.82) is 0 Å². The number of nitrogens with one attached hydrogen (secondary N) is 1. The molecule has 0 heterocycles. The maximum Gasteiger partial charge on any atom is 0.241 e. The van der Waals surface area contributed by atoms with Gasteiger partial charge in [-0.15, -0.1) is 0 Å². The smallest absolute Gasteiger partial charge is 0.241 e. The molecule has 1 atom stereocenters. The van der Waals surface area contributed by atoms with E-state index in [-0.39, 0.29) is 6.04 Å². The van der Waals surface area contributed by atoms with E-state index in [1.54, 1.807) is 20.3 Å². The van der Waals surface area contributed by atoms with Crippen molar-refractivity contribution in [3.8, 4) is 11.5 Å². The lowest BCUT2D eigenvalue weighted by Crippen LogP contribution is -2.27. The van der Waals surface area contributed by atoms with E-state index in [1.165, 1.54) is 5.56 Å². The summed E-state index contributed by atoms with van der Waals surface area (Å²) >= 11 is 0. The van der Waals surface area contributed by atoms with Crippen molar-refractivity contribution in [2.24, 2.45) is 0 Å². The molecular formula is C20H23NO4S. The van der Waals surface area contributed by atoms with Crippen molar-refractivity contribution in [3.05, 3.63) is 52.6 Å². The second-order valence-electron chi connectivity index (χ2n) is 6.90. The van der Waals surface area contributed by atoms with Gasteiger partial charge in [0, 0.05) is 6.04 Å². The predicted molar refractivity (Wildman–Crippen MR) is 99.4 cm³/mol. The Bertz CT molecular complexity index is 953. The second kappa shape index (κ2) is 6.59. The van der Waals surface area contributed by atoms with Crippen molar-refractivity contribution >= 4 is 10.0 Å². The van der Waals surface area contributed by atoms with Crippen LogP contribution in [0.2, 0.25) is 0 Å². The lowest BCUT2D eigenvalue weighted by molar-refractivity contribution is 0.354. The normalized spacial score (nSPS) is 18.5. The summed E-state index contributed by atoms with van der Waals surface area (Å²) in [5, 5.41) is 0. The molecule has 0 spiro atoms. The molecular weight excluding hydrogens is 350 g/mol. The number of aryl methyl sites for hydroxylation is 3. The predicted octanol–water partition coefficient (Wildman–Crippen LogP) is 3.16. The van der Waals surface area contributed by atoms with Crippen LogP contribution in [0.25, 0.3) is 0 Å². The highest BCUT2D eigenvalue weighted by atomic mass is 32.2. The number of hydrogen-bond donors (Lipinski definition) is 1. The van der Waals surface area contributed by atoms with Crippen LogP contribution in [0.1, 0.15) is 41.1 Å². The fraction of sp³-hybridized carbons (Fsp3) is 0.400. The molecule has 0 radical (unpaired) electrons. The Kier molecular flexibility index (Phi) is 4.40. The molecule has 0 fully saturated rings. The zero-order valence-electron chi connectivity index (χ0n) is 15.0. The van der Waals surface area contributed by atoms with Crippen LogP contribution < -0.4 is 14.2 Å². The largest absolute Gasteiger partial charge is 0.493 e. The van der Waals surface area contributed by atoms with Gasteiger partial charge >= 0.3 is 0 Å². The minimum Gasteiger partial charge on any atom is -0.493 e. The number of benzene rings is 2. The first kappa shape index (κ1) is 17.4. The van der Waals surface area contributed by atoms with Crippen LogP contribution in [0.4, 0.5) is 0 Å². The van der Waals surface area contributed by atoms with E-state index >= 15 is 0 Å². The first-order chi connectivity index (χ1) is 12.5. The van der Waals surface area contributed by atoms with E-state index in [4.69, 9.17) is 9.47 Å². The van der Waals surface area contributed by atoms with Gasteiger partial charge in [-0.25, -0.2) is 13.1 Å². The first-order valence-electron chi connectivity index (χ1n) is 8.91. The molecule has 0 saturated heterocycles. The van der Waals surface area contributed by atoms with Crippen molar-refractivity contribution in [1.82, 2.24) is 4.72 Å². The van der Waals surface area contributed by atoms with Crippen LogP contribution in [0.5, 0.6) is 11.5 Å². The molecule has 0 aromatic heterocycles. The number of rotatable bonds is 5. The van der Waals surface area contributed by atoms with Gasteiger partial charge in [0.25, 0.3) is 0 Å². The van der Waals surface area contributed by atoms with Crippen LogP contribution in [0.3, 0.4) is 0 Å². The molecule has 1 N–H and O–H groups in total. The Morgan fingerprint density at radius 1 is 0.923 bits per heavy atom. The Balaban J connectivity index is 1.63. The summed E-state index contributed by atoms with van der Waals surface area (Å²) in [7, 11) is -0.375. The van der Waals surface area contributed by atoms with Crippen LogP contribution >= 0.6 is 0 Å². The van der Waals surface area contributed by atoms with Gasteiger partial charge in [-0.05, 0) is 78.6 Å². The average Bonchev–Trinajstić information content (AvgIpc) is 3.26. The minimum absolute atomic E-state index is 0.247. The summed E-state index contributed by atoms with van der Waals surface area (Å²) in [6.45, 7) is 0. The summed E-state index contributed by atoms with van der Waals surface area (Å²) in [5.74, 6) is 1.29. The van der Waals surface area contributed by atoms with Gasteiger partial charge in [0.05, 0.1) is 19.1 Å². The summed E-state index contributed by atoms with van der Waals surface area (Å²) in [6, 6.07) is 9.08. The van der Waals surface area contributed by atoms with Gasteiger partial charge in [-0.3, -0.25) is 0 Å². The Morgan fingerprint density at radius 2 is 1.65 bits per heavy atom. The molecule has 0 aliphatic heterocycles. The van der Waals surface area contributed by atoms with Gasteiger partial charge in [0.15, 0.2) is 11.5 Å². The molecule has 26 heavy (non-hydrogen) atoms. The number of fused-ring (bicyclic) bond motifs is 2. The monoisotopic (exact) mass is 373 g/mol. The van der Waals surface area contributed by atoms with E-state index in [9.17, 15) is 8.42 Å². The van der Waals surface area contributed by atoms with Crippen molar-refractivity contribution in [2.45, 2.75) is 43.0 Å². The molecule has 4 rings (SSSR count).